The second kappa shape index (κ2) is 10.2. The Morgan fingerprint density at radius 2 is 1.92 bits per heavy atom. The first-order chi connectivity index (χ1) is 12.5. The Morgan fingerprint density at radius 3 is 2.50 bits per heavy atom. The second-order valence-corrected chi connectivity index (χ2v) is 9.55. The van der Waals surface area contributed by atoms with Crippen LogP contribution in [0.25, 0.3) is 0 Å². The summed E-state index contributed by atoms with van der Waals surface area (Å²) in [6.07, 6.45) is 5.80. The lowest BCUT2D eigenvalue weighted by atomic mass is 10.1. The van der Waals surface area contributed by atoms with E-state index in [-0.39, 0.29) is 5.75 Å². The van der Waals surface area contributed by atoms with Crippen molar-refractivity contribution in [3.63, 3.8) is 0 Å². The monoisotopic (exact) mass is 398 g/mol. The van der Waals surface area contributed by atoms with Gasteiger partial charge in [0.1, 0.15) is 0 Å². The number of guanidine groups is 1. The molecule has 2 rings (SSSR count). The fraction of sp³-hybridized carbons (Fsp3) is 0.611. The summed E-state index contributed by atoms with van der Waals surface area (Å²) < 4.78 is 25.5. The van der Waals surface area contributed by atoms with Crippen molar-refractivity contribution in [1.82, 2.24) is 15.4 Å². The minimum absolute atomic E-state index is 0.00443. The number of sulfonamides is 1. The van der Waals surface area contributed by atoms with Crippen molar-refractivity contribution in [2.45, 2.75) is 49.8 Å². The van der Waals surface area contributed by atoms with Crippen LogP contribution in [0.15, 0.2) is 29.3 Å². The van der Waals surface area contributed by atoms with Gasteiger partial charge in [-0.3, -0.25) is 0 Å². The Labute approximate surface area is 161 Å². The van der Waals surface area contributed by atoms with Gasteiger partial charge in [0.2, 0.25) is 10.0 Å². The van der Waals surface area contributed by atoms with Gasteiger partial charge in [0, 0.05) is 17.8 Å². The maximum atomic E-state index is 11.6. The van der Waals surface area contributed by atoms with Crippen molar-refractivity contribution in [1.29, 1.82) is 0 Å². The van der Waals surface area contributed by atoms with Crippen LogP contribution in [0.5, 0.6) is 0 Å². The fourth-order valence-electron chi connectivity index (χ4n) is 3.00. The summed E-state index contributed by atoms with van der Waals surface area (Å²) in [6, 6.07) is 8.06. The summed E-state index contributed by atoms with van der Waals surface area (Å²) in [5.41, 5.74) is 1.83. The molecule has 6 nitrogen and oxygen atoms in total. The van der Waals surface area contributed by atoms with Crippen molar-refractivity contribution >= 4 is 27.7 Å². The maximum Gasteiger partial charge on any atom is 0.215 e. The van der Waals surface area contributed by atoms with Gasteiger partial charge in [-0.2, -0.15) is 11.8 Å². The summed E-state index contributed by atoms with van der Waals surface area (Å²) >= 11 is 1.95. The van der Waals surface area contributed by atoms with Gasteiger partial charge in [-0.1, -0.05) is 24.3 Å². The molecule has 2 unspecified atom stereocenters. The Kier molecular flexibility index (Phi) is 8.24. The molecule has 0 bridgehead atoms. The number of nitrogens with zero attached hydrogens (tertiary/aromatic N) is 1. The highest BCUT2D eigenvalue weighted by atomic mass is 32.2. The molecule has 0 aromatic heterocycles. The molecule has 1 fully saturated rings. The lowest BCUT2D eigenvalue weighted by Crippen LogP contribution is -2.42. The van der Waals surface area contributed by atoms with Gasteiger partial charge in [-0.15, -0.1) is 0 Å². The van der Waals surface area contributed by atoms with Crippen LogP contribution in [0.1, 0.15) is 37.3 Å². The standard InChI is InChI=1S/C18H30N4O2S2/c1-4-20-18(22-16-9-10-17(11-16)25-3)21-12-14-5-7-15(8-6-14)13-26(23,24)19-2/h5-8,16-17,19H,4,9-13H2,1-3H3,(H2,20,21,22). The number of hydrogen-bond donors (Lipinski definition) is 3. The van der Waals surface area contributed by atoms with Gasteiger partial charge < -0.3 is 10.6 Å². The molecule has 3 N–H and O–H groups in total. The number of benzene rings is 1. The number of nitrogens with one attached hydrogen (secondary N) is 3. The van der Waals surface area contributed by atoms with E-state index in [4.69, 9.17) is 0 Å². The van der Waals surface area contributed by atoms with E-state index in [2.05, 4.69) is 33.5 Å². The first-order valence-corrected chi connectivity index (χ1v) is 12.0. The normalized spacial score (nSPS) is 21.0. The number of hydrogen-bond acceptors (Lipinski definition) is 4. The molecular weight excluding hydrogens is 368 g/mol. The largest absolute Gasteiger partial charge is 0.357 e. The molecule has 2 atom stereocenters. The van der Waals surface area contributed by atoms with Gasteiger partial charge in [-0.25, -0.2) is 18.1 Å². The average molecular weight is 399 g/mol. The molecule has 0 heterocycles. The molecule has 146 valence electrons. The van der Waals surface area contributed by atoms with E-state index in [0.29, 0.717) is 12.6 Å². The van der Waals surface area contributed by atoms with Crippen LogP contribution in [0.3, 0.4) is 0 Å². The van der Waals surface area contributed by atoms with E-state index in [0.717, 1.165) is 28.9 Å². The first kappa shape index (κ1) is 21.1. The SMILES string of the molecule is CCNC(=NCc1ccc(CS(=O)(=O)NC)cc1)NC1CCC(SC)C1. The van der Waals surface area contributed by atoms with Crippen molar-refractivity contribution in [3.05, 3.63) is 35.4 Å². The van der Waals surface area contributed by atoms with Crippen LogP contribution in [-0.2, 0) is 22.3 Å². The lowest BCUT2D eigenvalue weighted by Gasteiger charge is -2.17. The van der Waals surface area contributed by atoms with E-state index in [1.54, 1.807) is 0 Å². The topological polar surface area (TPSA) is 82.6 Å². The third-order valence-electron chi connectivity index (χ3n) is 4.51. The van der Waals surface area contributed by atoms with Crippen LogP contribution in [0.2, 0.25) is 0 Å². The molecule has 1 aromatic carbocycles. The Morgan fingerprint density at radius 1 is 1.23 bits per heavy atom. The van der Waals surface area contributed by atoms with Gasteiger partial charge >= 0.3 is 0 Å². The van der Waals surface area contributed by atoms with Crippen LogP contribution in [0, 0.1) is 0 Å². The van der Waals surface area contributed by atoms with Crippen molar-refractivity contribution in [2.24, 2.45) is 4.99 Å². The molecule has 1 saturated carbocycles. The molecule has 8 heteroatoms. The molecule has 0 spiro atoms. The Bertz CT molecular complexity index is 690. The molecule has 1 aliphatic carbocycles. The predicted molar refractivity (Wildman–Crippen MR) is 111 cm³/mol. The smallest absolute Gasteiger partial charge is 0.215 e. The molecule has 0 amide bonds. The Balaban J connectivity index is 1.94. The van der Waals surface area contributed by atoms with Crippen LogP contribution < -0.4 is 15.4 Å². The first-order valence-electron chi connectivity index (χ1n) is 9.02. The predicted octanol–water partition coefficient (Wildman–Crippen LogP) is 2.08. The van der Waals surface area contributed by atoms with Crippen molar-refractivity contribution in [3.8, 4) is 0 Å². The lowest BCUT2D eigenvalue weighted by molar-refractivity contribution is 0.587. The van der Waals surface area contributed by atoms with Gasteiger partial charge in [0.25, 0.3) is 0 Å². The number of rotatable bonds is 8. The molecule has 26 heavy (non-hydrogen) atoms. The highest BCUT2D eigenvalue weighted by Gasteiger charge is 2.24. The van der Waals surface area contributed by atoms with Gasteiger partial charge in [0.05, 0.1) is 12.3 Å². The van der Waals surface area contributed by atoms with Crippen molar-refractivity contribution in [2.75, 3.05) is 19.8 Å². The van der Waals surface area contributed by atoms with E-state index in [1.807, 2.05) is 36.0 Å². The highest BCUT2D eigenvalue weighted by molar-refractivity contribution is 7.99. The minimum atomic E-state index is -3.24. The zero-order valence-electron chi connectivity index (χ0n) is 15.8. The number of thioether (sulfide) groups is 1. The summed E-state index contributed by atoms with van der Waals surface area (Å²) in [6.45, 7) is 3.45. The zero-order chi connectivity index (χ0) is 19.0. The summed E-state index contributed by atoms with van der Waals surface area (Å²) in [5, 5.41) is 7.59. The van der Waals surface area contributed by atoms with E-state index in [1.165, 1.54) is 26.3 Å². The Hall–Kier alpha value is -1.25. The average Bonchev–Trinajstić information content (AvgIpc) is 3.08. The van der Waals surface area contributed by atoms with Crippen LogP contribution >= 0.6 is 11.8 Å². The summed E-state index contributed by atoms with van der Waals surface area (Å²) in [5.74, 6) is 0.844. The molecule has 0 saturated heterocycles. The third-order valence-corrected chi connectivity index (χ3v) is 6.94. The van der Waals surface area contributed by atoms with Crippen molar-refractivity contribution < 1.29 is 8.42 Å². The van der Waals surface area contributed by atoms with E-state index >= 15 is 0 Å². The van der Waals surface area contributed by atoms with Gasteiger partial charge in [-0.05, 0) is 50.6 Å². The number of aliphatic imine (C=N–C) groups is 1. The highest BCUT2D eigenvalue weighted by Crippen LogP contribution is 2.28. The quantitative estimate of drug-likeness (QED) is 0.461. The molecule has 1 aliphatic rings. The minimum Gasteiger partial charge on any atom is -0.357 e. The third kappa shape index (κ3) is 6.81. The van der Waals surface area contributed by atoms with E-state index in [9.17, 15) is 8.42 Å². The second-order valence-electron chi connectivity index (χ2n) is 6.49. The van der Waals surface area contributed by atoms with Crippen LogP contribution in [0.4, 0.5) is 0 Å². The molecule has 0 radical (unpaired) electrons. The fourth-order valence-corrected chi connectivity index (χ4v) is 4.57. The molecular formula is C18H30N4O2S2. The zero-order valence-corrected chi connectivity index (χ0v) is 17.4. The summed E-state index contributed by atoms with van der Waals surface area (Å²) in [7, 11) is -1.81. The van der Waals surface area contributed by atoms with Gasteiger partial charge in [0.15, 0.2) is 5.96 Å². The van der Waals surface area contributed by atoms with E-state index < -0.39 is 10.0 Å². The van der Waals surface area contributed by atoms with Crippen LogP contribution in [-0.4, -0.2) is 45.5 Å². The summed E-state index contributed by atoms with van der Waals surface area (Å²) in [4.78, 5) is 4.68. The molecule has 0 aliphatic heterocycles. The molecule has 1 aromatic rings. The maximum absolute atomic E-state index is 11.6.